The molecule has 1 aromatic carbocycles. The molecular formula is C13H14N2O2S. The number of benzene rings is 1. The van der Waals surface area contributed by atoms with E-state index in [0.717, 1.165) is 28.5 Å². The Labute approximate surface area is 111 Å². The minimum absolute atomic E-state index is 0.454. The van der Waals surface area contributed by atoms with Gasteiger partial charge in [0.2, 0.25) is 0 Å². The Bertz CT molecular complexity index is 623. The SMILES string of the molecule is COc1ccc(OC)c(-c2cc(C)[nH]c(=S)n2)c1. The first-order chi connectivity index (χ1) is 8.63. The van der Waals surface area contributed by atoms with Crippen molar-refractivity contribution in [3.05, 3.63) is 34.7 Å². The zero-order chi connectivity index (χ0) is 13.1. The summed E-state index contributed by atoms with van der Waals surface area (Å²) in [5, 5.41) is 0. The smallest absolute Gasteiger partial charge is 0.197 e. The van der Waals surface area contributed by atoms with Gasteiger partial charge in [0.25, 0.3) is 0 Å². The van der Waals surface area contributed by atoms with Gasteiger partial charge in [-0.3, -0.25) is 0 Å². The average Bonchev–Trinajstić information content (AvgIpc) is 2.36. The van der Waals surface area contributed by atoms with Crippen molar-refractivity contribution in [1.82, 2.24) is 9.97 Å². The fraction of sp³-hybridized carbons (Fsp3) is 0.231. The number of rotatable bonds is 3. The zero-order valence-electron chi connectivity index (χ0n) is 10.5. The summed E-state index contributed by atoms with van der Waals surface area (Å²) in [5.41, 5.74) is 2.59. The van der Waals surface area contributed by atoms with Gasteiger partial charge in [-0.2, -0.15) is 0 Å². The van der Waals surface area contributed by atoms with Crippen LogP contribution in [0.3, 0.4) is 0 Å². The van der Waals surface area contributed by atoms with Gasteiger partial charge in [0, 0.05) is 11.3 Å². The minimum atomic E-state index is 0.454. The Morgan fingerprint density at radius 3 is 2.56 bits per heavy atom. The van der Waals surface area contributed by atoms with Crippen LogP contribution in [0.1, 0.15) is 5.69 Å². The van der Waals surface area contributed by atoms with E-state index in [4.69, 9.17) is 21.7 Å². The Hall–Kier alpha value is -1.88. The summed E-state index contributed by atoms with van der Waals surface area (Å²) < 4.78 is 11.0. The summed E-state index contributed by atoms with van der Waals surface area (Å²) in [6.07, 6.45) is 0. The Morgan fingerprint density at radius 1 is 1.17 bits per heavy atom. The van der Waals surface area contributed by atoms with E-state index < -0.39 is 0 Å². The lowest BCUT2D eigenvalue weighted by Gasteiger charge is -2.10. The third-order valence-corrected chi connectivity index (χ3v) is 2.76. The number of methoxy groups -OCH3 is 2. The van der Waals surface area contributed by atoms with Crippen LogP contribution in [0.25, 0.3) is 11.3 Å². The normalized spacial score (nSPS) is 10.2. The number of aromatic amines is 1. The van der Waals surface area contributed by atoms with Gasteiger partial charge in [-0.05, 0) is 43.4 Å². The third-order valence-electron chi connectivity index (χ3n) is 2.56. The van der Waals surface area contributed by atoms with E-state index in [2.05, 4.69) is 9.97 Å². The van der Waals surface area contributed by atoms with Crippen LogP contribution in [0, 0.1) is 11.7 Å². The molecule has 0 spiro atoms. The van der Waals surface area contributed by atoms with Gasteiger partial charge in [-0.25, -0.2) is 4.98 Å². The molecule has 1 heterocycles. The molecular weight excluding hydrogens is 248 g/mol. The highest BCUT2D eigenvalue weighted by Crippen LogP contribution is 2.32. The van der Waals surface area contributed by atoms with Gasteiger partial charge in [0.1, 0.15) is 11.5 Å². The van der Waals surface area contributed by atoms with Crippen LogP contribution in [0.4, 0.5) is 0 Å². The standard InChI is InChI=1S/C13H14N2O2S/c1-8-6-11(15-13(18)14-8)10-7-9(16-2)4-5-12(10)17-3/h4-7H,1-3H3,(H,14,15,18). The van der Waals surface area contributed by atoms with Gasteiger partial charge in [0.05, 0.1) is 19.9 Å². The van der Waals surface area contributed by atoms with E-state index in [1.807, 2.05) is 31.2 Å². The highest BCUT2D eigenvalue weighted by Gasteiger charge is 2.09. The number of aryl methyl sites for hydroxylation is 1. The van der Waals surface area contributed by atoms with Crippen LogP contribution in [0.15, 0.2) is 24.3 Å². The number of nitrogens with one attached hydrogen (secondary N) is 1. The first-order valence-electron chi connectivity index (χ1n) is 5.44. The molecule has 0 aliphatic heterocycles. The molecule has 5 heteroatoms. The van der Waals surface area contributed by atoms with Gasteiger partial charge in [-0.15, -0.1) is 0 Å². The molecule has 4 nitrogen and oxygen atoms in total. The maximum Gasteiger partial charge on any atom is 0.197 e. The van der Waals surface area contributed by atoms with Crippen LogP contribution in [0.5, 0.6) is 11.5 Å². The zero-order valence-corrected chi connectivity index (χ0v) is 11.3. The number of hydrogen-bond donors (Lipinski definition) is 1. The van der Waals surface area contributed by atoms with Gasteiger partial charge >= 0.3 is 0 Å². The number of aromatic nitrogens is 2. The monoisotopic (exact) mass is 262 g/mol. The van der Waals surface area contributed by atoms with Crippen LogP contribution in [-0.4, -0.2) is 24.2 Å². The van der Waals surface area contributed by atoms with Crippen molar-refractivity contribution in [2.45, 2.75) is 6.92 Å². The summed E-state index contributed by atoms with van der Waals surface area (Å²) in [7, 11) is 3.25. The molecule has 0 saturated heterocycles. The molecule has 18 heavy (non-hydrogen) atoms. The maximum absolute atomic E-state index is 5.34. The predicted octanol–water partition coefficient (Wildman–Crippen LogP) is 3.13. The molecule has 0 aliphatic rings. The molecule has 0 atom stereocenters. The van der Waals surface area contributed by atoms with Crippen LogP contribution in [0.2, 0.25) is 0 Å². The first kappa shape index (κ1) is 12.6. The Morgan fingerprint density at radius 2 is 1.94 bits per heavy atom. The highest BCUT2D eigenvalue weighted by atomic mass is 32.1. The average molecular weight is 262 g/mol. The molecule has 0 aliphatic carbocycles. The largest absolute Gasteiger partial charge is 0.497 e. The highest BCUT2D eigenvalue weighted by molar-refractivity contribution is 7.71. The number of hydrogen-bond acceptors (Lipinski definition) is 4. The molecule has 0 bridgehead atoms. The van der Waals surface area contributed by atoms with Crippen molar-refractivity contribution < 1.29 is 9.47 Å². The van der Waals surface area contributed by atoms with E-state index >= 15 is 0 Å². The number of ether oxygens (including phenoxy) is 2. The second-order valence-corrected chi connectivity index (χ2v) is 4.21. The summed E-state index contributed by atoms with van der Waals surface area (Å²) in [4.78, 5) is 7.29. The van der Waals surface area contributed by atoms with Crippen LogP contribution < -0.4 is 9.47 Å². The lowest BCUT2D eigenvalue weighted by molar-refractivity contribution is 0.404. The van der Waals surface area contributed by atoms with Crippen LogP contribution in [-0.2, 0) is 0 Å². The number of H-pyrrole nitrogens is 1. The van der Waals surface area contributed by atoms with Crippen molar-refractivity contribution in [3.63, 3.8) is 0 Å². The number of nitrogens with zero attached hydrogens (tertiary/aromatic N) is 1. The quantitative estimate of drug-likeness (QED) is 0.863. The third kappa shape index (κ3) is 2.51. The van der Waals surface area contributed by atoms with E-state index in [9.17, 15) is 0 Å². The molecule has 94 valence electrons. The van der Waals surface area contributed by atoms with E-state index in [-0.39, 0.29) is 0 Å². The van der Waals surface area contributed by atoms with E-state index in [1.165, 1.54) is 0 Å². The molecule has 0 radical (unpaired) electrons. The van der Waals surface area contributed by atoms with Crippen molar-refractivity contribution in [3.8, 4) is 22.8 Å². The van der Waals surface area contributed by atoms with E-state index in [0.29, 0.717) is 4.77 Å². The summed E-state index contributed by atoms with van der Waals surface area (Å²) in [6, 6.07) is 7.51. The van der Waals surface area contributed by atoms with Gasteiger partial charge < -0.3 is 14.5 Å². The topological polar surface area (TPSA) is 47.1 Å². The first-order valence-corrected chi connectivity index (χ1v) is 5.85. The second kappa shape index (κ2) is 5.18. The van der Waals surface area contributed by atoms with Crippen molar-refractivity contribution in [1.29, 1.82) is 0 Å². The summed E-state index contributed by atoms with van der Waals surface area (Å²) in [6.45, 7) is 1.94. The van der Waals surface area contributed by atoms with Gasteiger partial charge in [0.15, 0.2) is 4.77 Å². The van der Waals surface area contributed by atoms with Crippen molar-refractivity contribution in [2.24, 2.45) is 0 Å². The minimum Gasteiger partial charge on any atom is -0.497 e. The molecule has 2 aromatic rings. The lowest BCUT2D eigenvalue weighted by Crippen LogP contribution is -1.94. The molecule has 0 amide bonds. The Balaban J connectivity index is 2.64. The Kier molecular flexibility index (Phi) is 3.62. The van der Waals surface area contributed by atoms with Crippen molar-refractivity contribution >= 4 is 12.2 Å². The summed E-state index contributed by atoms with van der Waals surface area (Å²) in [5.74, 6) is 1.49. The second-order valence-electron chi connectivity index (χ2n) is 3.82. The fourth-order valence-electron chi connectivity index (χ4n) is 1.73. The molecule has 1 aromatic heterocycles. The molecule has 1 N–H and O–H groups in total. The van der Waals surface area contributed by atoms with Crippen molar-refractivity contribution in [2.75, 3.05) is 14.2 Å². The lowest BCUT2D eigenvalue weighted by atomic mass is 10.1. The summed E-state index contributed by atoms with van der Waals surface area (Å²) >= 11 is 5.09. The van der Waals surface area contributed by atoms with Gasteiger partial charge in [-0.1, -0.05) is 0 Å². The van der Waals surface area contributed by atoms with E-state index in [1.54, 1.807) is 14.2 Å². The fourth-order valence-corrected chi connectivity index (χ4v) is 1.99. The molecule has 0 fully saturated rings. The molecule has 0 saturated carbocycles. The molecule has 2 rings (SSSR count). The predicted molar refractivity (Wildman–Crippen MR) is 72.7 cm³/mol. The molecule has 0 unspecified atom stereocenters. The maximum atomic E-state index is 5.34. The van der Waals surface area contributed by atoms with Crippen LogP contribution >= 0.6 is 12.2 Å².